The minimum absolute atomic E-state index is 0.281. The van der Waals surface area contributed by atoms with Gasteiger partial charge in [0, 0.05) is 37.4 Å². The van der Waals surface area contributed by atoms with Crippen LogP contribution >= 0.6 is 0 Å². The van der Waals surface area contributed by atoms with Crippen LogP contribution in [0.15, 0.2) is 22.7 Å². The molecule has 0 saturated carbocycles. The molecule has 5 rings (SSSR count). The van der Waals surface area contributed by atoms with Crippen LogP contribution in [0.4, 0.5) is 10.3 Å². The number of rotatable bonds is 3. The van der Waals surface area contributed by atoms with Gasteiger partial charge < -0.3 is 14.7 Å². The van der Waals surface area contributed by atoms with Crippen molar-refractivity contribution >= 4 is 5.95 Å². The van der Waals surface area contributed by atoms with Crippen molar-refractivity contribution in [1.29, 1.82) is 0 Å². The van der Waals surface area contributed by atoms with E-state index in [1.807, 2.05) is 13.0 Å². The molecule has 3 heterocycles. The van der Waals surface area contributed by atoms with E-state index in [0.717, 1.165) is 62.3 Å². The zero-order valence-electron chi connectivity index (χ0n) is 15.2. The Labute approximate surface area is 156 Å². The van der Waals surface area contributed by atoms with Crippen molar-refractivity contribution in [2.24, 2.45) is 0 Å². The first kappa shape index (κ1) is 16.4. The van der Waals surface area contributed by atoms with E-state index in [9.17, 15) is 4.39 Å². The lowest BCUT2D eigenvalue weighted by molar-refractivity contribution is 0.425. The molecule has 2 aromatic heterocycles. The molecule has 1 aliphatic heterocycles. The number of aryl methyl sites for hydroxylation is 1. The molecule has 140 valence electrons. The average molecular weight is 368 g/mol. The van der Waals surface area contributed by atoms with Crippen LogP contribution in [0, 0.1) is 12.7 Å². The van der Waals surface area contributed by atoms with Crippen LogP contribution in [0.1, 0.15) is 23.2 Å². The highest BCUT2D eigenvalue weighted by Crippen LogP contribution is 2.34. The molecular formula is C19H21FN6O. The molecule has 0 atom stereocenters. The molecule has 8 heteroatoms. The van der Waals surface area contributed by atoms with Gasteiger partial charge in [-0.25, -0.2) is 9.07 Å². The Morgan fingerprint density at radius 2 is 2.04 bits per heavy atom. The number of nitrogens with one attached hydrogen (secondary N) is 1. The second kappa shape index (κ2) is 6.45. The van der Waals surface area contributed by atoms with Crippen LogP contribution in [0.5, 0.6) is 0 Å². The van der Waals surface area contributed by atoms with E-state index in [1.54, 1.807) is 10.7 Å². The van der Waals surface area contributed by atoms with E-state index in [1.165, 1.54) is 6.07 Å². The number of aromatic nitrogens is 4. The van der Waals surface area contributed by atoms with Crippen LogP contribution in [-0.4, -0.2) is 46.1 Å². The molecule has 7 nitrogen and oxygen atoms in total. The van der Waals surface area contributed by atoms with E-state index in [0.29, 0.717) is 23.2 Å². The third-order valence-electron chi connectivity index (χ3n) is 5.28. The Bertz CT molecular complexity index is 988. The van der Waals surface area contributed by atoms with Gasteiger partial charge in [0.1, 0.15) is 11.5 Å². The fraction of sp³-hybridized carbons (Fsp3) is 0.421. The minimum atomic E-state index is -0.281. The summed E-state index contributed by atoms with van der Waals surface area (Å²) in [6.07, 6.45) is 2.78. The second-order valence-corrected chi connectivity index (χ2v) is 7.13. The molecule has 1 aliphatic carbocycles. The molecule has 1 fully saturated rings. The lowest BCUT2D eigenvalue weighted by atomic mass is 10.2. The first-order chi connectivity index (χ1) is 13.2. The number of anilines is 1. The maximum Gasteiger partial charge on any atom is 0.280 e. The zero-order chi connectivity index (χ0) is 18.4. The largest absolute Gasteiger partial charge is 0.336 e. The van der Waals surface area contributed by atoms with E-state index in [4.69, 9.17) is 4.52 Å². The van der Waals surface area contributed by atoms with E-state index in [-0.39, 0.29) is 5.82 Å². The molecule has 0 amide bonds. The third-order valence-corrected chi connectivity index (χ3v) is 5.28. The van der Waals surface area contributed by atoms with E-state index < -0.39 is 0 Å². The lowest BCUT2D eigenvalue weighted by Gasteiger charge is -2.25. The third kappa shape index (κ3) is 2.80. The smallest absolute Gasteiger partial charge is 0.280 e. The van der Waals surface area contributed by atoms with Gasteiger partial charge in [0.15, 0.2) is 5.69 Å². The lowest BCUT2D eigenvalue weighted by Crippen LogP contribution is -2.44. The second-order valence-electron chi connectivity index (χ2n) is 7.13. The SMILES string of the molecule is Cc1ccc(F)c(-n2nc(-c3nc(N4CCNCC4)no3)c3c2CCC3)c1. The summed E-state index contributed by atoms with van der Waals surface area (Å²) in [4.78, 5) is 6.68. The summed E-state index contributed by atoms with van der Waals surface area (Å²) in [5.74, 6) is 0.722. The summed E-state index contributed by atoms with van der Waals surface area (Å²) >= 11 is 0. The Morgan fingerprint density at radius 3 is 2.89 bits per heavy atom. The van der Waals surface area contributed by atoms with E-state index in [2.05, 4.69) is 25.5 Å². The van der Waals surface area contributed by atoms with Crippen LogP contribution in [0.2, 0.25) is 0 Å². The van der Waals surface area contributed by atoms with Crippen molar-refractivity contribution in [2.75, 3.05) is 31.1 Å². The fourth-order valence-electron chi connectivity index (χ4n) is 3.90. The van der Waals surface area contributed by atoms with Gasteiger partial charge in [-0.1, -0.05) is 6.07 Å². The molecule has 0 radical (unpaired) electrons. The highest BCUT2D eigenvalue weighted by atomic mass is 19.1. The summed E-state index contributed by atoms with van der Waals surface area (Å²) < 4.78 is 21.7. The monoisotopic (exact) mass is 368 g/mol. The van der Waals surface area contributed by atoms with Crippen molar-refractivity contribution in [2.45, 2.75) is 26.2 Å². The Hall–Kier alpha value is -2.74. The zero-order valence-corrected chi connectivity index (χ0v) is 15.2. The maximum atomic E-state index is 14.5. The molecule has 27 heavy (non-hydrogen) atoms. The summed E-state index contributed by atoms with van der Waals surface area (Å²) in [5, 5.41) is 12.1. The van der Waals surface area contributed by atoms with Crippen LogP contribution in [-0.2, 0) is 12.8 Å². The Balaban J connectivity index is 1.56. The van der Waals surface area contributed by atoms with Gasteiger partial charge in [0.25, 0.3) is 11.8 Å². The van der Waals surface area contributed by atoms with E-state index >= 15 is 0 Å². The molecule has 1 saturated heterocycles. The van der Waals surface area contributed by atoms with Gasteiger partial charge in [-0.2, -0.15) is 10.1 Å². The first-order valence-electron chi connectivity index (χ1n) is 9.38. The van der Waals surface area contributed by atoms with Crippen molar-refractivity contribution < 1.29 is 8.91 Å². The van der Waals surface area contributed by atoms with Crippen molar-refractivity contribution in [3.63, 3.8) is 0 Å². The predicted octanol–water partition coefficient (Wildman–Crippen LogP) is 2.27. The maximum absolute atomic E-state index is 14.5. The average Bonchev–Trinajstić information content (AvgIpc) is 3.40. The van der Waals surface area contributed by atoms with Crippen molar-refractivity contribution in [1.82, 2.24) is 25.2 Å². The molecule has 1 aromatic carbocycles. The highest BCUT2D eigenvalue weighted by Gasteiger charge is 2.28. The summed E-state index contributed by atoms with van der Waals surface area (Å²) in [7, 11) is 0. The van der Waals surface area contributed by atoms with Crippen LogP contribution < -0.4 is 10.2 Å². The molecule has 2 aliphatic rings. The minimum Gasteiger partial charge on any atom is -0.336 e. The predicted molar refractivity (Wildman–Crippen MR) is 98.7 cm³/mol. The number of hydrogen-bond acceptors (Lipinski definition) is 6. The number of nitrogens with zero attached hydrogens (tertiary/aromatic N) is 5. The van der Waals surface area contributed by atoms with Crippen molar-refractivity contribution in [3.8, 4) is 17.3 Å². The first-order valence-corrected chi connectivity index (χ1v) is 9.38. The molecule has 3 aromatic rings. The molecule has 0 spiro atoms. The van der Waals surface area contributed by atoms with Crippen LogP contribution in [0.25, 0.3) is 17.3 Å². The van der Waals surface area contributed by atoms with Gasteiger partial charge >= 0.3 is 0 Å². The standard InChI is InChI=1S/C19H21FN6O/c1-12-5-6-14(20)16(11-12)26-15-4-2-3-13(15)17(23-26)18-22-19(24-27-18)25-9-7-21-8-10-25/h5-6,11,21H,2-4,7-10H2,1H3. The van der Waals surface area contributed by atoms with Crippen molar-refractivity contribution in [3.05, 3.63) is 40.8 Å². The summed E-state index contributed by atoms with van der Waals surface area (Å²) in [6.45, 7) is 5.45. The number of halogens is 1. The number of piperazine rings is 1. The number of hydrogen-bond donors (Lipinski definition) is 1. The Kier molecular flexibility index (Phi) is 3.93. The number of benzene rings is 1. The fourth-order valence-corrected chi connectivity index (χ4v) is 3.90. The quantitative estimate of drug-likeness (QED) is 0.765. The molecular weight excluding hydrogens is 347 g/mol. The molecule has 0 bridgehead atoms. The van der Waals surface area contributed by atoms with Gasteiger partial charge in [0.2, 0.25) is 0 Å². The normalized spacial score (nSPS) is 16.7. The van der Waals surface area contributed by atoms with Gasteiger partial charge in [-0.15, -0.1) is 0 Å². The van der Waals surface area contributed by atoms with Gasteiger partial charge in [-0.05, 0) is 49.0 Å². The molecule has 0 unspecified atom stereocenters. The summed E-state index contributed by atoms with van der Waals surface area (Å²) in [6, 6.07) is 5.08. The summed E-state index contributed by atoms with van der Waals surface area (Å²) in [5.41, 5.74) is 4.27. The van der Waals surface area contributed by atoms with Gasteiger partial charge in [0.05, 0.1) is 0 Å². The topological polar surface area (TPSA) is 72.0 Å². The molecule has 1 N–H and O–H groups in total. The number of fused-ring (bicyclic) bond motifs is 1. The highest BCUT2D eigenvalue weighted by molar-refractivity contribution is 5.59. The van der Waals surface area contributed by atoms with Gasteiger partial charge in [-0.3, -0.25) is 0 Å². The van der Waals surface area contributed by atoms with Crippen LogP contribution in [0.3, 0.4) is 0 Å². The Morgan fingerprint density at radius 1 is 1.19 bits per heavy atom.